The van der Waals surface area contributed by atoms with Crippen LogP contribution in [0.5, 0.6) is 0 Å². The molecule has 1 aliphatic carbocycles. The van der Waals surface area contributed by atoms with Gasteiger partial charge in [0.05, 0.1) is 0 Å². The quantitative estimate of drug-likeness (QED) is 0.454. The highest BCUT2D eigenvalue weighted by Crippen LogP contribution is 2.29. The van der Waals surface area contributed by atoms with E-state index in [9.17, 15) is 0 Å². The van der Waals surface area contributed by atoms with E-state index >= 15 is 0 Å². The summed E-state index contributed by atoms with van der Waals surface area (Å²) < 4.78 is 0. The minimum atomic E-state index is 0.832. The third-order valence-corrected chi connectivity index (χ3v) is 3.74. The van der Waals surface area contributed by atoms with Crippen molar-refractivity contribution in [2.45, 2.75) is 70.8 Å². The zero-order chi connectivity index (χ0) is 11.6. The molecule has 2 atom stereocenters. The average Bonchev–Trinajstić information content (AvgIpc) is 2.74. The van der Waals surface area contributed by atoms with Crippen LogP contribution in [0, 0.1) is 5.92 Å². The standard InChI is InChI=1S/C15H29N/c1-3-5-6-7-8-9-14-10-11-15(13-14)16-12-4-2/h3,14-16H,1,4-13H2,2H3. The van der Waals surface area contributed by atoms with E-state index in [1.807, 2.05) is 6.08 Å². The topological polar surface area (TPSA) is 12.0 Å². The van der Waals surface area contributed by atoms with Gasteiger partial charge in [-0.2, -0.15) is 0 Å². The number of allylic oxidation sites excluding steroid dienone is 1. The van der Waals surface area contributed by atoms with E-state index in [2.05, 4.69) is 18.8 Å². The molecule has 1 rings (SSSR count). The van der Waals surface area contributed by atoms with E-state index in [1.54, 1.807) is 0 Å². The summed E-state index contributed by atoms with van der Waals surface area (Å²) in [7, 11) is 0. The van der Waals surface area contributed by atoms with Crippen LogP contribution in [0.1, 0.15) is 64.7 Å². The Morgan fingerprint density at radius 2 is 2.12 bits per heavy atom. The Hall–Kier alpha value is -0.300. The average molecular weight is 223 g/mol. The summed E-state index contributed by atoms with van der Waals surface area (Å²) in [5.41, 5.74) is 0. The van der Waals surface area contributed by atoms with Crippen molar-refractivity contribution < 1.29 is 0 Å². The van der Waals surface area contributed by atoms with Crippen LogP contribution in [-0.2, 0) is 0 Å². The van der Waals surface area contributed by atoms with Crippen LogP contribution in [0.25, 0.3) is 0 Å². The molecule has 1 fully saturated rings. The molecule has 0 aromatic rings. The highest BCUT2D eigenvalue weighted by Gasteiger charge is 2.23. The van der Waals surface area contributed by atoms with Crippen LogP contribution in [-0.4, -0.2) is 12.6 Å². The molecule has 2 unspecified atom stereocenters. The third kappa shape index (κ3) is 5.69. The Balaban J connectivity index is 1.96. The first kappa shape index (κ1) is 13.8. The lowest BCUT2D eigenvalue weighted by Crippen LogP contribution is -2.26. The van der Waals surface area contributed by atoms with Crippen molar-refractivity contribution in [3.05, 3.63) is 12.7 Å². The van der Waals surface area contributed by atoms with Crippen molar-refractivity contribution in [1.29, 1.82) is 0 Å². The minimum absolute atomic E-state index is 0.832. The second-order valence-corrected chi connectivity index (χ2v) is 5.26. The molecule has 0 heterocycles. The van der Waals surface area contributed by atoms with Gasteiger partial charge < -0.3 is 5.32 Å². The zero-order valence-corrected chi connectivity index (χ0v) is 11.0. The maximum atomic E-state index is 3.77. The minimum Gasteiger partial charge on any atom is -0.314 e. The zero-order valence-electron chi connectivity index (χ0n) is 11.0. The monoisotopic (exact) mass is 223 g/mol. The number of hydrogen-bond donors (Lipinski definition) is 1. The predicted molar refractivity (Wildman–Crippen MR) is 72.7 cm³/mol. The lowest BCUT2D eigenvalue weighted by atomic mass is 9.99. The fourth-order valence-electron chi connectivity index (χ4n) is 2.77. The summed E-state index contributed by atoms with van der Waals surface area (Å²) in [4.78, 5) is 0. The summed E-state index contributed by atoms with van der Waals surface area (Å²) in [6.07, 6.45) is 14.4. The summed E-state index contributed by atoms with van der Waals surface area (Å²) >= 11 is 0. The lowest BCUT2D eigenvalue weighted by molar-refractivity contribution is 0.443. The van der Waals surface area contributed by atoms with Crippen LogP contribution in [0.4, 0.5) is 0 Å². The Bertz CT molecular complexity index is 176. The molecular formula is C15H29N. The Labute approximate surface area is 102 Å². The predicted octanol–water partition coefficient (Wildman–Crippen LogP) is 4.29. The van der Waals surface area contributed by atoms with Gasteiger partial charge in [-0.1, -0.05) is 32.3 Å². The molecule has 1 saturated carbocycles. The number of unbranched alkanes of at least 4 members (excludes halogenated alkanes) is 3. The van der Waals surface area contributed by atoms with E-state index in [-0.39, 0.29) is 0 Å². The second kappa shape index (κ2) is 8.81. The van der Waals surface area contributed by atoms with Crippen LogP contribution in [0.15, 0.2) is 12.7 Å². The van der Waals surface area contributed by atoms with E-state index in [0.29, 0.717) is 0 Å². The Kier molecular flexibility index (Phi) is 7.58. The van der Waals surface area contributed by atoms with E-state index in [1.165, 1.54) is 64.3 Å². The molecule has 0 bridgehead atoms. The highest BCUT2D eigenvalue weighted by molar-refractivity contribution is 4.80. The third-order valence-electron chi connectivity index (χ3n) is 3.74. The van der Waals surface area contributed by atoms with Crippen LogP contribution >= 0.6 is 0 Å². The normalized spacial score (nSPS) is 24.8. The Morgan fingerprint density at radius 3 is 2.88 bits per heavy atom. The van der Waals surface area contributed by atoms with Gasteiger partial charge in [0.15, 0.2) is 0 Å². The molecule has 0 aromatic carbocycles. The summed E-state index contributed by atoms with van der Waals surface area (Å²) in [5, 5.41) is 3.66. The second-order valence-electron chi connectivity index (χ2n) is 5.26. The SMILES string of the molecule is C=CCCCCCC1CCC(NCCC)C1. The maximum Gasteiger partial charge on any atom is 0.00698 e. The fraction of sp³-hybridized carbons (Fsp3) is 0.867. The van der Waals surface area contributed by atoms with Crippen LogP contribution in [0.3, 0.4) is 0 Å². The van der Waals surface area contributed by atoms with Gasteiger partial charge in [-0.15, -0.1) is 6.58 Å². The first-order chi connectivity index (χ1) is 7.86. The number of hydrogen-bond acceptors (Lipinski definition) is 1. The molecule has 0 saturated heterocycles. The first-order valence-electron chi connectivity index (χ1n) is 7.21. The van der Waals surface area contributed by atoms with Crippen LogP contribution in [0.2, 0.25) is 0 Å². The van der Waals surface area contributed by atoms with Crippen molar-refractivity contribution in [2.24, 2.45) is 5.92 Å². The summed E-state index contributed by atoms with van der Waals surface area (Å²) in [6, 6.07) is 0.832. The smallest absolute Gasteiger partial charge is 0.00698 e. The highest BCUT2D eigenvalue weighted by atomic mass is 14.9. The molecule has 0 aromatic heterocycles. The van der Waals surface area contributed by atoms with Crippen molar-refractivity contribution in [2.75, 3.05) is 6.54 Å². The van der Waals surface area contributed by atoms with Crippen molar-refractivity contribution in [3.8, 4) is 0 Å². The molecule has 0 radical (unpaired) electrons. The molecule has 0 amide bonds. The number of nitrogens with one attached hydrogen (secondary N) is 1. The molecule has 1 heteroatoms. The molecule has 16 heavy (non-hydrogen) atoms. The van der Waals surface area contributed by atoms with Crippen molar-refractivity contribution >= 4 is 0 Å². The number of rotatable bonds is 9. The summed E-state index contributed by atoms with van der Waals surface area (Å²) in [5.74, 6) is 1.01. The van der Waals surface area contributed by atoms with Gasteiger partial charge in [0.2, 0.25) is 0 Å². The van der Waals surface area contributed by atoms with Gasteiger partial charge in [0.25, 0.3) is 0 Å². The lowest BCUT2D eigenvalue weighted by Gasteiger charge is -2.12. The van der Waals surface area contributed by atoms with Gasteiger partial charge in [-0.05, 0) is 51.0 Å². The van der Waals surface area contributed by atoms with Gasteiger partial charge >= 0.3 is 0 Å². The van der Waals surface area contributed by atoms with E-state index in [4.69, 9.17) is 0 Å². The molecule has 0 spiro atoms. The van der Waals surface area contributed by atoms with Gasteiger partial charge in [0.1, 0.15) is 0 Å². The van der Waals surface area contributed by atoms with E-state index in [0.717, 1.165) is 12.0 Å². The molecular weight excluding hydrogens is 194 g/mol. The van der Waals surface area contributed by atoms with Gasteiger partial charge in [-0.3, -0.25) is 0 Å². The van der Waals surface area contributed by atoms with E-state index < -0.39 is 0 Å². The molecule has 0 aliphatic heterocycles. The molecule has 1 aliphatic rings. The maximum absolute atomic E-state index is 3.77. The van der Waals surface area contributed by atoms with Crippen LogP contribution < -0.4 is 5.32 Å². The molecule has 1 nitrogen and oxygen atoms in total. The summed E-state index contributed by atoms with van der Waals surface area (Å²) in [6.45, 7) is 7.22. The first-order valence-corrected chi connectivity index (χ1v) is 7.21. The fourth-order valence-corrected chi connectivity index (χ4v) is 2.77. The largest absolute Gasteiger partial charge is 0.314 e. The van der Waals surface area contributed by atoms with Gasteiger partial charge in [-0.25, -0.2) is 0 Å². The molecule has 1 N–H and O–H groups in total. The molecule has 94 valence electrons. The van der Waals surface area contributed by atoms with Crippen molar-refractivity contribution in [3.63, 3.8) is 0 Å². The Morgan fingerprint density at radius 1 is 1.25 bits per heavy atom. The van der Waals surface area contributed by atoms with Crippen molar-refractivity contribution in [1.82, 2.24) is 5.32 Å². The van der Waals surface area contributed by atoms with Gasteiger partial charge in [0, 0.05) is 6.04 Å².